The summed E-state index contributed by atoms with van der Waals surface area (Å²) in [5.41, 5.74) is 3.13. The number of nitrogens with zero attached hydrogens (tertiary/aromatic N) is 3. The molecule has 1 N–H and O–H groups in total. The summed E-state index contributed by atoms with van der Waals surface area (Å²) in [5, 5.41) is 3.06. The van der Waals surface area contributed by atoms with Crippen molar-refractivity contribution in [3.05, 3.63) is 53.6 Å². The minimum Gasteiger partial charge on any atom is -0.387 e. The molecule has 0 aliphatic carbocycles. The molecule has 2 aromatic heterocycles. The van der Waals surface area contributed by atoms with Gasteiger partial charge >= 0.3 is 0 Å². The Morgan fingerprint density at radius 2 is 2.14 bits per heavy atom. The predicted octanol–water partition coefficient (Wildman–Crippen LogP) is 2.49. The third-order valence-corrected chi connectivity index (χ3v) is 3.29. The van der Waals surface area contributed by atoms with Crippen molar-refractivity contribution >= 4 is 11.6 Å². The molecule has 0 radical (unpaired) electrons. The van der Waals surface area contributed by atoms with Gasteiger partial charge in [0.05, 0.1) is 23.5 Å². The van der Waals surface area contributed by atoms with Crippen LogP contribution in [0, 0.1) is 6.92 Å². The van der Waals surface area contributed by atoms with Gasteiger partial charge in [0, 0.05) is 31.7 Å². The smallest absolute Gasteiger partial charge is 0.257 e. The van der Waals surface area contributed by atoms with Gasteiger partial charge in [-0.05, 0) is 32.0 Å². The summed E-state index contributed by atoms with van der Waals surface area (Å²) in [6.07, 6.45) is 3.37. The molecule has 5 heteroatoms. The summed E-state index contributed by atoms with van der Waals surface area (Å²) >= 11 is 0. The average Bonchev–Trinajstić information content (AvgIpc) is 2.52. The van der Waals surface area contributed by atoms with Gasteiger partial charge in [0.2, 0.25) is 0 Å². The van der Waals surface area contributed by atoms with Crippen molar-refractivity contribution in [3.63, 3.8) is 0 Å². The topological polar surface area (TPSA) is 58.1 Å². The molecule has 2 aromatic rings. The summed E-state index contributed by atoms with van der Waals surface area (Å²) in [6.45, 7) is 4.97. The number of amides is 1. The number of hydrogen-bond acceptors (Lipinski definition) is 4. The van der Waals surface area contributed by atoms with Gasteiger partial charge in [0.25, 0.3) is 5.91 Å². The van der Waals surface area contributed by atoms with Crippen molar-refractivity contribution in [1.82, 2.24) is 14.9 Å². The summed E-state index contributed by atoms with van der Waals surface area (Å²) < 4.78 is 0. The molecule has 0 aromatic carbocycles. The molecule has 0 unspecified atom stereocenters. The average molecular weight is 284 g/mol. The lowest BCUT2D eigenvalue weighted by Crippen LogP contribution is -2.31. The highest BCUT2D eigenvalue weighted by molar-refractivity contribution is 5.99. The first-order chi connectivity index (χ1) is 10.2. The summed E-state index contributed by atoms with van der Waals surface area (Å²) in [6, 6.07) is 7.59. The zero-order valence-electron chi connectivity index (χ0n) is 12.6. The number of carbonyl (C=O) groups is 1. The second-order valence-electron chi connectivity index (χ2n) is 4.76. The number of carbonyl (C=O) groups excluding carboxylic acids is 1. The molecule has 2 rings (SSSR count). The molecule has 0 fully saturated rings. The van der Waals surface area contributed by atoms with E-state index in [-0.39, 0.29) is 5.91 Å². The first-order valence-corrected chi connectivity index (χ1v) is 6.99. The number of hydrogen-bond donors (Lipinski definition) is 1. The van der Waals surface area contributed by atoms with E-state index in [9.17, 15) is 4.79 Å². The number of nitrogens with one attached hydrogen (secondary N) is 1. The van der Waals surface area contributed by atoms with E-state index < -0.39 is 0 Å². The standard InChI is InChI=1S/C16H20N4O/c1-4-20(11-13-7-5-6-8-18-13)16(21)14-10-19-12(2)9-15(14)17-3/h5-10H,4,11H2,1-3H3,(H,17,19). The Labute approximate surface area is 125 Å². The van der Waals surface area contributed by atoms with Crippen LogP contribution in [0.4, 0.5) is 5.69 Å². The normalized spacial score (nSPS) is 10.2. The van der Waals surface area contributed by atoms with Gasteiger partial charge in [-0.1, -0.05) is 6.07 Å². The zero-order chi connectivity index (χ0) is 15.2. The minimum absolute atomic E-state index is 0.0417. The minimum atomic E-state index is -0.0417. The lowest BCUT2D eigenvalue weighted by molar-refractivity contribution is 0.0751. The molecule has 2 heterocycles. The molecule has 0 aliphatic heterocycles. The van der Waals surface area contributed by atoms with Crippen LogP contribution in [0.5, 0.6) is 0 Å². The fourth-order valence-corrected chi connectivity index (χ4v) is 2.12. The Morgan fingerprint density at radius 1 is 1.33 bits per heavy atom. The van der Waals surface area contributed by atoms with Crippen molar-refractivity contribution in [2.24, 2.45) is 0 Å². The van der Waals surface area contributed by atoms with Crippen LogP contribution in [0.3, 0.4) is 0 Å². The Bertz CT molecular complexity index is 613. The largest absolute Gasteiger partial charge is 0.387 e. The van der Waals surface area contributed by atoms with Crippen molar-refractivity contribution in [3.8, 4) is 0 Å². The zero-order valence-corrected chi connectivity index (χ0v) is 12.6. The predicted molar refractivity (Wildman–Crippen MR) is 83.2 cm³/mol. The van der Waals surface area contributed by atoms with Crippen molar-refractivity contribution in [2.45, 2.75) is 20.4 Å². The van der Waals surface area contributed by atoms with Gasteiger partial charge in [-0.25, -0.2) is 0 Å². The molecule has 0 saturated carbocycles. The molecule has 1 amide bonds. The second kappa shape index (κ2) is 6.83. The molecule has 0 spiro atoms. The van der Waals surface area contributed by atoms with Crippen LogP contribution in [-0.2, 0) is 6.54 Å². The lowest BCUT2D eigenvalue weighted by atomic mass is 10.1. The molecule has 0 saturated heterocycles. The van der Waals surface area contributed by atoms with Crippen LogP contribution in [0.2, 0.25) is 0 Å². The van der Waals surface area contributed by atoms with Gasteiger partial charge < -0.3 is 10.2 Å². The quantitative estimate of drug-likeness (QED) is 0.916. The summed E-state index contributed by atoms with van der Waals surface area (Å²) in [7, 11) is 1.81. The van der Waals surface area contributed by atoms with E-state index in [4.69, 9.17) is 0 Å². The van der Waals surface area contributed by atoms with Gasteiger partial charge in [-0.2, -0.15) is 0 Å². The monoisotopic (exact) mass is 284 g/mol. The van der Waals surface area contributed by atoms with Crippen molar-refractivity contribution in [1.29, 1.82) is 0 Å². The molecule has 0 bridgehead atoms. The van der Waals surface area contributed by atoms with E-state index in [0.29, 0.717) is 18.7 Å². The van der Waals surface area contributed by atoms with Crippen molar-refractivity contribution < 1.29 is 4.79 Å². The number of aryl methyl sites for hydroxylation is 1. The Kier molecular flexibility index (Phi) is 4.87. The van der Waals surface area contributed by atoms with Crippen LogP contribution in [0.15, 0.2) is 36.7 Å². The molecule has 5 nitrogen and oxygen atoms in total. The Hall–Kier alpha value is -2.43. The highest BCUT2D eigenvalue weighted by Gasteiger charge is 2.18. The fourth-order valence-electron chi connectivity index (χ4n) is 2.12. The van der Waals surface area contributed by atoms with Crippen LogP contribution < -0.4 is 5.32 Å². The SMILES string of the molecule is CCN(Cc1ccccn1)C(=O)c1cnc(C)cc1NC. The molecule has 0 atom stereocenters. The first kappa shape index (κ1) is 15.0. The van der Waals surface area contributed by atoms with Gasteiger partial charge in [0.1, 0.15) is 0 Å². The van der Waals surface area contributed by atoms with Crippen LogP contribution >= 0.6 is 0 Å². The van der Waals surface area contributed by atoms with Crippen LogP contribution in [-0.4, -0.2) is 34.4 Å². The molecule has 21 heavy (non-hydrogen) atoms. The third kappa shape index (κ3) is 3.56. The molecule has 110 valence electrons. The maximum absolute atomic E-state index is 12.7. The highest BCUT2D eigenvalue weighted by atomic mass is 16.2. The van der Waals surface area contributed by atoms with Gasteiger partial charge in [0.15, 0.2) is 0 Å². The maximum Gasteiger partial charge on any atom is 0.257 e. The second-order valence-corrected chi connectivity index (χ2v) is 4.76. The summed E-state index contributed by atoms with van der Waals surface area (Å²) in [5.74, 6) is -0.0417. The van der Waals surface area contributed by atoms with Gasteiger partial charge in [-0.3, -0.25) is 14.8 Å². The fraction of sp³-hybridized carbons (Fsp3) is 0.312. The molecular formula is C16H20N4O. The lowest BCUT2D eigenvalue weighted by Gasteiger charge is -2.21. The molecule has 0 aliphatic rings. The van der Waals surface area contributed by atoms with Crippen LogP contribution in [0.1, 0.15) is 28.7 Å². The molecular weight excluding hydrogens is 264 g/mol. The summed E-state index contributed by atoms with van der Waals surface area (Å²) in [4.78, 5) is 23.0. The highest BCUT2D eigenvalue weighted by Crippen LogP contribution is 2.18. The van der Waals surface area contributed by atoms with E-state index >= 15 is 0 Å². The van der Waals surface area contributed by atoms with Crippen LogP contribution in [0.25, 0.3) is 0 Å². The van der Waals surface area contributed by atoms with Crippen molar-refractivity contribution in [2.75, 3.05) is 18.9 Å². The number of aromatic nitrogens is 2. The van der Waals surface area contributed by atoms with E-state index in [2.05, 4.69) is 15.3 Å². The number of anilines is 1. The third-order valence-electron chi connectivity index (χ3n) is 3.29. The van der Waals surface area contributed by atoms with Gasteiger partial charge in [-0.15, -0.1) is 0 Å². The Morgan fingerprint density at radius 3 is 2.76 bits per heavy atom. The van der Waals surface area contributed by atoms with E-state index in [0.717, 1.165) is 17.1 Å². The van der Waals surface area contributed by atoms with E-state index in [1.54, 1.807) is 24.3 Å². The van der Waals surface area contributed by atoms with E-state index in [1.807, 2.05) is 38.1 Å². The number of rotatable bonds is 5. The Balaban J connectivity index is 2.24. The number of pyridine rings is 2. The first-order valence-electron chi connectivity index (χ1n) is 6.99. The van der Waals surface area contributed by atoms with E-state index in [1.165, 1.54) is 0 Å². The maximum atomic E-state index is 12.7.